The number of aromatic nitrogens is 1. The molecule has 0 radical (unpaired) electrons. The van der Waals surface area contributed by atoms with Crippen LogP contribution in [0.2, 0.25) is 0 Å². The molecule has 2 aromatic rings. The van der Waals surface area contributed by atoms with Crippen LogP contribution < -0.4 is 10.1 Å². The largest absolute Gasteiger partial charge is 0.490 e. The van der Waals surface area contributed by atoms with E-state index in [4.69, 9.17) is 4.74 Å². The number of urea groups is 1. The Kier molecular flexibility index (Phi) is 4.19. The molecule has 0 saturated heterocycles. The first-order chi connectivity index (χ1) is 11.1. The maximum atomic E-state index is 12.4. The van der Waals surface area contributed by atoms with E-state index in [1.807, 2.05) is 25.1 Å². The fourth-order valence-corrected chi connectivity index (χ4v) is 2.75. The predicted molar refractivity (Wildman–Crippen MR) is 88.4 cm³/mol. The van der Waals surface area contributed by atoms with Crippen molar-refractivity contribution in [3.63, 3.8) is 0 Å². The van der Waals surface area contributed by atoms with E-state index in [9.17, 15) is 4.79 Å². The summed E-state index contributed by atoms with van der Waals surface area (Å²) in [4.78, 5) is 18.1. The number of hydrogen-bond donors (Lipinski definition) is 1. The molecule has 1 aromatic carbocycles. The van der Waals surface area contributed by atoms with Crippen LogP contribution in [0, 0.1) is 13.8 Å². The van der Waals surface area contributed by atoms with Crippen LogP contribution in [-0.2, 0) is 6.54 Å². The molecule has 23 heavy (non-hydrogen) atoms. The monoisotopic (exact) mass is 311 g/mol. The highest BCUT2D eigenvalue weighted by atomic mass is 16.5. The quantitative estimate of drug-likeness (QED) is 0.948. The molecule has 0 aliphatic carbocycles. The minimum atomic E-state index is -0.117. The molecule has 2 heterocycles. The molecule has 1 atom stereocenters. The summed E-state index contributed by atoms with van der Waals surface area (Å²) in [5.41, 5.74) is 4.39. The van der Waals surface area contributed by atoms with E-state index in [1.165, 1.54) is 5.56 Å². The van der Waals surface area contributed by atoms with Crippen molar-refractivity contribution in [1.82, 2.24) is 15.2 Å². The first-order valence-corrected chi connectivity index (χ1v) is 7.69. The Morgan fingerprint density at radius 3 is 2.96 bits per heavy atom. The zero-order chi connectivity index (χ0) is 16.4. The Balaban J connectivity index is 1.67. The van der Waals surface area contributed by atoms with Gasteiger partial charge < -0.3 is 15.0 Å². The number of hydrogen-bond acceptors (Lipinski definition) is 3. The number of benzene rings is 1. The van der Waals surface area contributed by atoms with Crippen LogP contribution in [0.4, 0.5) is 4.79 Å². The normalized spacial score (nSPS) is 15.7. The molecule has 1 aliphatic heterocycles. The van der Waals surface area contributed by atoms with Gasteiger partial charge in [-0.15, -0.1) is 0 Å². The highest BCUT2D eigenvalue weighted by molar-refractivity contribution is 5.75. The van der Waals surface area contributed by atoms with Crippen molar-refractivity contribution in [3.05, 3.63) is 58.9 Å². The van der Waals surface area contributed by atoms with Crippen molar-refractivity contribution in [2.45, 2.75) is 26.4 Å². The third-order valence-corrected chi connectivity index (χ3v) is 4.26. The second-order valence-corrected chi connectivity index (χ2v) is 5.96. The number of aryl methyl sites for hydroxylation is 1. The molecule has 1 N–H and O–H groups in total. The Labute approximate surface area is 136 Å². The number of fused-ring (bicyclic) bond motifs is 1. The van der Waals surface area contributed by atoms with Crippen molar-refractivity contribution < 1.29 is 9.53 Å². The van der Waals surface area contributed by atoms with Crippen LogP contribution in [0.25, 0.3) is 0 Å². The van der Waals surface area contributed by atoms with Gasteiger partial charge in [-0.3, -0.25) is 4.98 Å². The van der Waals surface area contributed by atoms with Gasteiger partial charge in [0.15, 0.2) is 0 Å². The molecule has 1 aromatic heterocycles. The van der Waals surface area contributed by atoms with Gasteiger partial charge in [0.25, 0.3) is 0 Å². The molecule has 0 saturated carbocycles. The van der Waals surface area contributed by atoms with E-state index in [0.29, 0.717) is 13.2 Å². The summed E-state index contributed by atoms with van der Waals surface area (Å²) < 4.78 is 5.78. The third kappa shape index (κ3) is 3.13. The minimum absolute atomic E-state index is 0.104. The number of rotatable bonds is 3. The maximum Gasteiger partial charge on any atom is 0.318 e. The minimum Gasteiger partial charge on any atom is -0.490 e. The van der Waals surface area contributed by atoms with Gasteiger partial charge in [-0.1, -0.05) is 18.2 Å². The van der Waals surface area contributed by atoms with Crippen molar-refractivity contribution in [1.29, 1.82) is 0 Å². The second kappa shape index (κ2) is 6.28. The lowest BCUT2D eigenvalue weighted by Crippen LogP contribution is -2.39. The van der Waals surface area contributed by atoms with Gasteiger partial charge in [0, 0.05) is 31.5 Å². The van der Waals surface area contributed by atoms with E-state index in [2.05, 4.69) is 23.3 Å². The first kappa shape index (κ1) is 15.3. The van der Waals surface area contributed by atoms with Gasteiger partial charge in [0.2, 0.25) is 0 Å². The lowest BCUT2D eigenvalue weighted by atomic mass is 10.0. The lowest BCUT2D eigenvalue weighted by molar-refractivity contribution is 0.199. The van der Waals surface area contributed by atoms with Crippen LogP contribution in [0.3, 0.4) is 0 Å². The molecule has 2 amide bonds. The topological polar surface area (TPSA) is 54.5 Å². The summed E-state index contributed by atoms with van der Waals surface area (Å²) in [5, 5.41) is 3.04. The average molecular weight is 311 g/mol. The molecule has 0 spiro atoms. The molecule has 5 heteroatoms. The Morgan fingerprint density at radius 2 is 2.22 bits per heavy atom. The summed E-state index contributed by atoms with van der Waals surface area (Å²) in [5.74, 6) is 0.908. The number of ether oxygens (including phenoxy) is 1. The summed E-state index contributed by atoms with van der Waals surface area (Å²) in [6.07, 6.45) is 3.49. The fraction of sp³-hybridized carbons (Fsp3) is 0.333. The standard InChI is InChI=1S/C18H21N3O2/c1-12-6-7-15-16(11-23-17(15)13(12)2)20-18(22)21(3)10-14-5-4-8-19-9-14/h4-9,16H,10-11H2,1-3H3,(H,20,22)/t16-/m1/s1. The van der Waals surface area contributed by atoms with Gasteiger partial charge in [0.1, 0.15) is 12.4 Å². The number of carbonyl (C=O) groups is 1. The van der Waals surface area contributed by atoms with Gasteiger partial charge >= 0.3 is 6.03 Å². The zero-order valence-corrected chi connectivity index (χ0v) is 13.7. The van der Waals surface area contributed by atoms with Crippen LogP contribution >= 0.6 is 0 Å². The van der Waals surface area contributed by atoms with E-state index in [0.717, 1.165) is 22.4 Å². The Hall–Kier alpha value is -2.56. The Morgan fingerprint density at radius 1 is 1.39 bits per heavy atom. The second-order valence-electron chi connectivity index (χ2n) is 5.96. The van der Waals surface area contributed by atoms with Crippen LogP contribution in [0.1, 0.15) is 28.3 Å². The smallest absolute Gasteiger partial charge is 0.318 e. The average Bonchev–Trinajstić information content (AvgIpc) is 2.95. The zero-order valence-electron chi connectivity index (χ0n) is 13.7. The first-order valence-electron chi connectivity index (χ1n) is 7.69. The van der Waals surface area contributed by atoms with E-state index in [1.54, 1.807) is 24.3 Å². The summed E-state index contributed by atoms with van der Waals surface area (Å²) in [6, 6.07) is 7.71. The number of pyridine rings is 1. The summed E-state index contributed by atoms with van der Waals surface area (Å²) in [6.45, 7) is 5.11. The van der Waals surface area contributed by atoms with Crippen molar-refractivity contribution in [2.75, 3.05) is 13.7 Å². The predicted octanol–water partition coefficient (Wildman–Crippen LogP) is 2.97. The molecule has 120 valence electrons. The molecule has 0 unspecified atom stereocenters. The number of nitrogens with one attached hydrogen (secondary N) is 1. The number of nitrogens with zero attached hydrogens (tertiary/aromatic N) is 2. The molecule has 0 bridgehead atoms. The van der Waals surface area contributed by atoms with Gasteiger partial charge in [-0.2, -0.15) is 0 Å². The van der Waals surface area contributed by atoms with E-state index < -0.39 is 0 Å². The molecular weight excluding hydrogens is 290 g/mol. The van der Waals surface area contributed by atoms with Gasteiger partial charge in [-0.25, -0.2) is 4.79 Å². The number of carbonyl (C=O) groups excluding carboxylic acids is 1. The van der Waals surface area contributed by atoms with Crippen LogP contribution in [0.15, 0.2) is 36.7 Å². The third-order valence-electron chi connectivity index (χ3n) is 4.26. The summed E-state index contributed by atoms with van der Waals surface area (Å²) >= 11 is 0. The molecule has 5 nitrogen and oxygen atoms in total. The molecule has 1 aliphatic rings. The van der Waals surface area contributed by atoms with Crippen molar-refractivity contribution >= 4 is 6.03 Å². The molecular formula is C18H21N3O2. The highest BCUT2D eigenvalue weighted by Gasteiger charge is 2.28. The van der Waals surface area contributed by atoms with Gasteiger partial charge in [0.05, 0.1) is 6.04 Å². The highest BCUT2D eigenvalue weighted by Crippen LogP contribution is 2.36. The van der Waals surface area contributed by atoms with Gasteiger partial charge in [-0.05, 0) is 36.6 Å². The van der Waals surface area contributed by atoms with Crippen LogP contribution in [0.5, 0.6) is 5.75 Å². The summed E-state index contributed by atoms with van der Waals surface area (Å²) in [7, 11) is 1.78. The van der Waals surface area contributed by atoms with Crippen molar-refractivity contribution in [2.24, 2.45) is 0 Å². The van der Waals surface area contributed by atoms with Crippen molar-refractivity contribution in [3.8, 4) is 5.75 Å². The van der Waals surface area contributed by atoms with Crippen LogP contribution in [-0.4, -0.2) is 29.6 Å². The molecule has 3 rings (SSSR count). The fourth-order valence-electron chi connectivity index (χ4n) is 2.75. The number of amides is 2. The SMILES string of the molecule is Cc1ccc2c(c1C)OC[C@H]2NC(=O)N(C)Cc1cccnc1. The molecule has 0 fully saturated rings. The van der Waals surface area contributed by atoms with E-state index >= 15 is 0 Å². The van der Waals surface area contributed by atoms with E-state index in [-0.39, 0.29) is 12.1 Å². The maximum absolute atomic E-state index is 12.4. The Bertz CT molecular complexity index is 716. The lowest BCUT2D eigenvalue weighted by Gasteiger charge is -2.20.